The molecular weight excluding hydrogens is 430 g/mol. The van der Waals surface area contributed by atoms with Crippen LogP contribution in [0.3, 0.4) is 0 Å². The molecule has 7 nitrogen and oxygen atoms in total. The summed E-state index contributed by atoms with van der Waals surface area (Å²) in [6.07, 6.45) is 6.75. The van der Waals surface area contributed by atoms with Crippen molar-refractivity contribution in [1.82, 2.24) is 9.80 Å². The van der Waals surface area contributed by atoms with Crippen molar-refractivity contribution in [2.75, 3.05) is 32.8 Å². The van der Waals surface area contributed by atoms with Gasteiger partial charge in [0.05, 0.1) is 12.0 Å². The van der Waals surface area contributed by atoms with Crippen LogP contribution in [-0.4, -0.2) is 72.3 Å². The lowest BCUT2D eigenvalue weighted by Crippen LogP contribution is -2.45. The highest BCUT2D eigenvalue weighted by Crippen LogP contribution is 2.43. The number of benzene rings is 1. The summed E-state index contributed by atoms with van der Waals surface area (Å²) in [5.74, 6) is -0.375. The van der Waals surface area contributed by atoms with Crippen LogP contribution in [0, 0.1) is 5.92 Å². The number of primary amides is 1. The largest absolute Gasteiger partial charge is 0.368 e. The van der Waals surface area contributed by atoms with E-state index in [4.69, 9.17) is 10.5 Å². The van der Waals surface area contributed by atoms with Gasteiger partial charge in [-0.05, 0) is 80.8 Å². The molecule has 0 unspecified atom stereocenters. The summed E-state index contributed by atoms with van der Waals surface area (Å²) in [6, 6.07) is 5.50. The number of hydrogen-bond donors (Lipinski definition) is 1. The van der Waals surface area contributed by atoms with Crippen molar-refractivity contribution in [1.29, 1.82) is 0 Å². The lowest BCUT2D eigenvalue weighted by molar-refractivity contribution is -0.138. The van der Waals surface area contributed by atoms with Crippen LogP contribution in [0.5, 0.6) is 0 Å². The zero-order valence-corrected chi connectivity index (χ0v) is 20.2. The lowest BCUT2D eigenvalue weighted by Gasteiger charge is -2.33. The van der Waals surface area contributed by atoms with Crippen molar-refractivity contribution in [3.8, 4) is 0 Å². The standard InChI is InChI=1S/C27H37N3O4/c1-2-29-12-9-17(10-13-29)19-7-8-20(26(28)32)21(15-19)24(18-5-3-4-6-18)27(33)30-14-11-23-25(30)22(31)16-34-23/h7-8,15,17-18,23-25H,2-6,9-14,16H2,1H3,(H2,28,32)/t23-,24+,25-/m1/s1. The molecule has 0 spiro atoms. The van der Waals surface area contributed by atoms with Crippen molar-refractivity contribution >= 4 is 17.6 Å². The van der Waals surface area contributed by atoms with Crippen LogP contribution in [0.1, 0.15) is 85.2 Å². The van der Waals surface area contributed by atoms with Crippen LogP contribution >= 0.6 is 0 Å². The Hall–Kier alpha value is -2.25. The van der Waals surface area contributed by atoms with E-state index in [1.165, 1.54) is 5.56 Å². The number of ketones is 1. The molecule has 1 saturated carbocycles. The zero-order chi connectivity index (χ0) is 23.8. The predicted octanol–water partition coefficient (Wildman–Crippen LogP) is 2.83. The highest BCUT2D eigenvalue weighted by atomic mass is 16.5. The Kier molecular flexibility index (Phi) is 6.76. The Bertz CT molecular complexity index is 949. The Morgan fingerprint density at radius 1 is 1.09 bits per heavy atom. The molecule has 5 rings (SSSR count). The minimum absolute atomic E-state index is 0.00687. The third-order valence-corrected chi connectivity index (χ3v) is 8.71. The summed E-state index contributed by atoms with van der Waals surface area (Å²) in [6.45, 7) is 6.02. The number of likely N-dealkylation sites (tertiary alicyclic amines) is 2. The number of ether oxygens (including phenoxy) is 1. The molecule has 3 saturated heterocycles. The van der Waals surface area contributed by atoms with Crippen LogP contribution in [0.15, 0.2) is 18.2 Å². The second-order valence-corrected chi connectivity index (χ2v) is 10.5. The van der Waals surface area contributed by atoms with E-state index >= 15 is 0 Å². The Labute approximate surface area is 202 Å². The number of nitrogens with zero attached hydrogens (tertiary/aromatic N) is 2. The van der Waals surface area contributed by atoms with Crippen molar-refractivity contribution in [2.45, 2.75) is 75.9 Å². The molecule has 4 fully saturated rings. The fraction of sp³-hybridized carbons (Fsp3) is 0.667. The normalized spacial score (nSPS) is 27.3. The van der Waals surface area contributed by atoms with Gasteiger partial charge in [-0.2, -0.15) is 0 Å². The summed E-state index contributed by atoms with van der Waals surface area (Å²) in [4.78, 5) is 43.4. The summed E-state index contributed by atoms with van der Waals surface area (Å²) in [5, 5.41) is 0. The molecule has 1 aromatic rings. The maximum Gasteiger partial charge on any atom is 0.249 e. The number of rotatable bonds is 6. The SMILES string of the molecule is CCN1CCC(c2ccc(C(N)=O)c([C@@H](C(=O)N3CC[C@H]4OCC(=O)[C@H]43)C3CCCC3)c2)CC1. The number of piperidine rings is 1. The van der Waals surface area contributed by atoms with Gasteiger partial charge >= 0.3 is 0 Å². The summed E-state index contributed by atoms with van der Waals surface area (Å²) >= 11 is 0. The third-order valence-electron chi connectivity index (χ3n) is 8.71. The van der Waals surface area contributed by atoms with Gasteiger partial charge in [0.1, 0.15) is 12.6 Å². The Morgan fingerprint density at radius 2 is 1.82 bits per heavy atom. The van der Waals surface area contributed by atoms with Crippen LogP contribution in [0.4, 0.5) is 0 Å². The first-order valence-electron chi connectivity index (χ1n) is 13.1. The highest BCUT2D eigenvalue weighted by molar-refractivity contribution is 5.99. The molecule has 0 radical (unpaired) electrons. The third kappa shape index (κ3) is 4.29. The molecule has 3 heterocycles. The average molecular weight is 468 g/mol. The van der Waals surface area contributed by atoms with E-state index in [0.29, 0.717) is 24.4 Å². The van der Waals surface area contributed by atoms with Crippen molar-refractivity contribution in [2.24, 2.45) is 11.7 Å². The fourth-order valence-electron chi connectivity index (χ4n) is 6.80. The van der Waals surface area contributed by atoms with Crippen molar-refractivity contribution < 1.29 is 19.1 Å². The quantitative estimate of drug-likeness (QED) is 0.695. The lowest BCUT2D eigenvalue weighted by atomic mass is 9.78. The fourth-order valence-corrected chi connectivity index (χ4v) is 6.80. The topological polar surface area (TPSA) is 92.9 Å². The molecule has 3 aliphatic heterocycles. The molecule has 184 valence electrons. The van der Waals surface area contributed by atoms with Gasteiger partial charge in [-0.25, -0.2) is 0 Å². The van der Waals surface area contributed by atoms with Crippen LogP contribution in [-0.2, 0) is 14.3 Å². The first kappa shape index (κ1) is 23.5. The van der Waals surface area contributed by atoms with E-state index in [2.05, 4.69) is 17.9 Å². The molecule has 4 aliphatic rings. The van der Waals surface area contributed by atoms with E-state index in [0.717, 1.165) is 63.7 Å². The second kappa shape index (κ2) is 9.78. The molecule has 2 amide bonds. The van der Waals surface area contributed by atoms with Crippen LogP contribution in [0.25, 0.3) is 0 Å². The van der Waals surface area contributed by atoms with Gasteiger partial charge in [-0.15, -0.1) is 0 Å². The second-order valence-electron chi connectivity index (χ2n) is 10.5. The van der Waals surface area contributed by atoms with Gasteiger partial charge in [0, 0.05) is 12.1 Å². The van der Waals surface area contributed by atoms with Gasteiger partial charge in [0.15, 0.2) is 5.78 Å². The number of Topliss-reactive ketones (excluding diaryl/α,β-unsaturated/α-hetero) is 1. The number of carbonyl (C=O) groups excluding carboxylic acids is 3. The van der Waals surface area contributed by atoms with Gasteiger partial charge < -0.3 is 20.3 Å². The number of hydrogen-bond acceptors (Lipinski definition) is 5. The first-order chi connectivity index (χ1) is 16.5. The monoisotopic (exact) mass is 467 g/mol. The number of carbonyl (C=O) groups is 3. The molecule has 1 aromatic carbocycles. The average Bonchev–Trinajstić information content (AvgIpc) is 3.59. The van der Waals surface area contributed by atoms with E-state index in [-0.39, 0.29) is 30.3 Å². The molecular formula is C27H37N3O4. The van der Waals surface area contributed by atoms with E-state index in [1.54, 1.807) is 4.90 Å². The van der Waals surface area contributed by atoms with Crippen molar-refractivity contribution in [3.63, 3.8) is 0 Å². The number of nitrogens with two attached hydrogens (primary N) is 1. The molecule has 0 aromatic heterocycles. The summed E-state index contributed by atoms with van der Waals surface area (Å²) in [7, 11) is 0. The van der Waals surface area contributed by atoms with Gasteiger partial charge in [-0.1, -0.05) is 31.9 Å². The minimum Gasteiger partial charge on any atom is -0.368 e. The van der Waals surface area contributed by atoms with E-state index in [1.807, 2.05) is 12.1 Å². The summed E-state index contributed by atoms with van der Waals surface area (Å²) in [5.41, 5.74) is 8.25. The van der Waals surface area contributed by atoms with Gasteiger partial charge in [0.2, 0.25) is 11.8 Å². The highest BCUT2D eigenvalue weighted by Gasteiger charge is 2.49. The zero-order valence-electron chi connectivity index (χ0n) is 20.2. The molecule has 0 bridgehead atoms. The summed E-state index contributed by atoms with van der Waals surface area (Å²) < 4.78 is 5.64. The molecule has 2 N–H and O–H groups in total. The predicted molar refractivity (Wildman–Crippen MR) is 129 cm³/mol. The molecule has 7 heteroatoms. The Morgan fingerprint density at radius 3 is 2.50 bits per heavy atom. The molecule has 1 aliphatic carbocycles. The Balaban J connectivity index is 1.50. The maximum atomic E-state index is 14.1. The first-order valence-corrected chi connectivity index (χ1v) is 13.1. The molecule has 34 heavy (non-hydrogen) atoms. The number of amides is 2. The minimum atomic E-state index is -0.488. The smallest absolute Gasteiger partial charge is 0.249 e. The molecule has 3 atom stereocenters. The van der Waals surface area contributed by atoms with E-state index in [9.17, 15) is 14.4 Å². The van der Waals surface area contributed by atoms with Gasteiger partial charge in [-0.3, -0.25) is 14.4 Å². The van der Waals surface area contributed by atoms with Crippen molar-refractivity contribution in [3.05, 3.63) is 34.9 Å². The van der Waals surface area contributed by atoms with Crippen LogP contribution < -0.4 is 5.73 Å². The van der Waals surface area contributed by atoms with E-state index < -0.39 is 17.9 Å². The van der Waals surface area contributed by atoms with Gasteiger partial charge in [0.25, 0.3) is 0 Å². The number of fused-ring (bicyclic) bond motifs is 1. The van der Waals surface area contributed by atoms with Crippen LogP contribution in [0.2, 0.25) is 0 Å². The maximum absolute atomic E-state index is 14.1.